The monoisotopic (exact) mass is 379 g/mol. The van der Waals surface area contributed by atoms with Gasteiger partial charge in [0.25, 0.3) is 0 Å². The predicted octanol–water partition coefficient (Wildman–Crippen LogP) is 3.47. The van der Waals surface area contributed by atoms with Gasteiger partial charge in [0.05, 0.1) is 6.61 Å². The van der Waals surface area contributed by atoms with Gasteiger partial charge in [-0.3, -0.25) is 9.69 Å². The molecule has 0 saturated carbocycles. The lowest BCUT2D eigenvalue weighted by atomic mass is 10.0. The molecule has 0 radical (unpaired) electrons. The van der Waals surface area contributed by atoms with Crippen molar-refractivity contribution >= 4 is 17.3 Å². The van der Waals surface area contributed by atoms with E-state index in [4.69, 9.17) is 4.74 Å². The van der Waals surface area contributed by atoms with E-state index in [1.165, 1.54) is 16.8 Å². The van der Waals surface area contributed by atoms with Crippen LogP contribution in [0.5, 0.6) is 5.75 Å². The summed E-state index contributed by atoms with van der Waals surface area (Å²) in [6.45, 7) is 8.26. The van der Waals surface area contributed by atoms with Gasteiger partial charge in [-0.25, -0.2) is 0 Å². The molecule has 0 atom stereocenters. The number of hydrogen-bond donors (Lipinski definition) is 1. The molecular formula is C23H29N3O2. The zero-order valence-corrected chi connectivity index (χ0v) is 16.6. The van der Waals surface area contributed by atoms with Crippen LogP contribution in [0.25, 0.3) is 0 Å². The molecule has 2 aliphatic heterocycles. The largest absolute Gasteiger partial charge is 0.493 e. The molecule has 1 saturated heterocycles. The van der Waals surface area contributed by atoms with Crippen molar-refractivity contribution in [2.75, 3.05) is 49.5 Å². The minimum atomic E-state index is 0.0921. The lowest BCUT2D eigenvalue weighted by Gasteiger charge is -2.36. The summed E-state index contributed by atoms with van der Waals surface area (Å²) in [5.74, 6) is 0.930. The molecule has 4 rings (SSSR count). The second-order valence-corrected chi connectivity index (χ2v) is 7.74. The highest BCUT2D eigenvalue weighted by Crippen LogP contribution is 2.27. The zero-order valence-electron chi connectivity index (χ0n) is 16.6. The Balaban J connectivity index is 1.18. The van der Waals surface area contributed by atoms with Crippen LogP contribution in [0, 0.1) is 6.92 Å². The molecule has 5 nitrogen and oxygen atoms in total. The first-order valence-corrected chi connectivity index (χ1v) is 10.3. The van der Waals surface area contributed by atoms with Crippen molar-refractivity contribution in [1.29, 1.82) is 0 Å². The van der Waals surface area contributed by atoms with Crippen LogP contribution in [0.15, 0.2) is 42.5 Å². The minimum Gasteiger partial charge on any atom is -0.493 e. The lowest BCUT2D eigenvalue weighted by Crippen LogP contribution is -2.46. The van der Waals surface area contributed by atoms with Gasteiger partial charge in [0.15, 0.2) is 0 Å². The molecule has 148 valence electrons. The number of amides is 1. The molecule has 1 fully saturated rings. The second-order valence-electron chi connectivity index (χ2n) is 7.74. The molecule has 5 heteroatoms. The fourth-order valence-corrected chi connectivity index (χ4v) is 3.97. The molecule has 2 aromatic rings. The van der Waals surface area contributed by atoms with Crippen molar-refractivity contribution in [3.8, 4) is 5.75 Å². The normalized spacial score (nSPS) is 17.2. The number of nitrogens with one attached hydrogen (secondary N) is 1. The van der Waals surface area contributed by atoms with E-state index in [0.717, 1.165) is 57.0 Å². The molecule has 0 aliphatic carbocycles. The smallest absolute Gasteiger partial charge is 0.224 e. The first-order valence-electron chi connectivity index (χ1n) is 10.3. The maximum Gasteiger partial charge on any atom is 0.224 e. The van der Waals surface area contributed by atoms with Gasteiger partial charge < -0.3 is 15.0 Å². The number of carbonyl (C=O) groups excluding carboxylic acids is 1. The number of piperazine rings is 1. The second kappa shape index (κ2) is 8.65. The molecule has 1 N–H and O–H groups in total. The molecule has 1 amide bonds. The van der Waals surface area contributed by atoms with E-state index in [2.05, 4.69) is 52.4 Å². The van der Waals surface area contributed by atoms with E-state index in [-0.39, 0.29) is 5.91 Å². The Kier molecular flexibility index (Phi) is 5.81. The fourth-order valence-electron chi connectivity index (χ4n) is 3.97. The van der Waals surface area contributed by atoms with Gasteiger partial charge in [-0.05, 0) is 49.1 Å². The van der Waals surface area contributed by atoms with Crippen LogP contribution in [0.4, 0.5) is 11.4 Å². The van der Waals surface area contributed by atoms with E-state index in [0.29, 0.717) is 13.0 Å². The van der Waals surface area contributed by atoms with E-state index < -0.39 is 0 Å². The maximum absolute atomic E-state index is 11.5. The number of carbonyl (C=O) groups is 1. The Morgan fingerprint density at radius 3 is 2.71 bits per heavy atom. The highest BCUT2D eigenvalue weighted by molar-refractivity contribution is 5.94. The third-order valence-electron chi connectivity index (χ3n) is 5.60. The van der Waals surface area contributed by atoms with Crippen molar-refractivity contribution < 1.29 is 9.53 Å². The molecule has 0 spiro atoms. The van der Waals surface area contributed by atoms with Crippen molar-refractivity contribution in [2.24, 2.45) is 0 Å². The van der Waals surface area contributed by atoms with E-state index in [9.17, 15) is 4.79 Å². The summed E-state index contributed by atoms with van der Waals surface area (Å²) in [4.78, 5) is 16.5. The average Bonchev–Trinajstić information content (AvgIpc) is 2.71. The highest BCUT2D eigenvalue weighted by atomic mass is 16.5. The van der Waals surface area contributed by atoms with Crippen molar-refractivity contribution in [2.45, 2.75) is 26.2 Å². The van der Waals surface area contributed by atoms with Crippen molar-refractivity contribution in [3.63, 3.8) is 0 Å². The van der Waals surface area contributed by atoms with Gasteiger partial charge >= 0.3 is 0 Å². The summed E-state index contributed by atoms with van der Waals surface area (Å²) >= 11 is 0. The van der Waals surface area contributed by atoms with Gasteiger partial charge in [-0.1, -0.05) is 18.2 Å². The fraction of sp³-hybridized carbons (Fsp3) is 0.435. The number of hydrogen-bond acceptors (Lipinski definition) is 4. The Hall–Kier alpha value is -2.53. The Morgan fingerprint density at radius 2 is 1.89 bits per heavy atom. The summed E-state index contributed by atoms with van der Waals surface area (Å²) in [6, 6.07) is 14.8. The molecule has 0 unspecified atom stereocenters. The SMILES string of the molecule is Cc1cccc(N2CCN(CCCOc3ccc4c(c3)NC(=O)CC4)CC2)c1. The van der Waals surface area contributed by atoms with Crippen LogP contribution < -0.4 is 15.0 Å². The topological polar surface area (TPSA) is 44.8 Å². The van der Waals surface area contributed by atoms with E-state index in [1.807, 2.05) is 12.1 Å². The maximum atomic E-state index is 11.5. The molecule has 2 aromatic carbocycles. The lowest BCUT2D eigenvalue weighted by molar-refractivity contribution is -0.116. The van der Waals surface area contributed by atoms with E-state index >= 15 is 0 Å². The summed E-state index contributed by atoms with van der Waals surface area (Å²) in [5.41, 5.74) is 4.75. The Bertz CT molecular complexity index is 828. The van der Waals surface area contributed by atoms with E-state index in [1.54, 1.807) is 0 Å². The number of benzene rings is 2. The van der Waals surface area contributed by atoms with Gasteiger partial charge in [-0.15, -0.1) is 0 Å². The van der Waals surface area contributed by atoms with Gasteiger partial charge in [0.2, 0.25) is 5.91 Å². The number of ether oxygens (including phenoxy) is 1. The van der Waals surface area contributed by atoms with Crippen molar-refractivity contribution in [3.05, 3.63) is 53.6 Å². The standard InChI is InChI=1S/C23H29N3O2/c1-18-4-2-5-20(16-18)26-13-11-25(12-14-26)10-3-15-28-21-8-6-19-7-9-23(27)24-22(19)17-21/h2,4-6,8,16-17H,3,7,9-15H2,1H3,(H,24,27). The van der Waals surface area contributed by atoms with Crippen LogP contribution in [0.2, 0.25) is 0 Å². The predicted molar refractivity (Wildman–Crippen MR) is 113 cm³/mol. The molecule has 28 heavy (non-hydrogen) atoms. The summed E-state index contributed by atoms with van der Waals surface area (Å²) < 4.78 is 5.91. The van der Waals surface area contributed by atoms with Gasteiger partial charge in [0.1, 0.15) is 5.75 Å². The van der Waals surface area contributed by atoms with Gasteiger partial charge in [-0.2, -0.15) is 0 Å². The van der Waals surface area contributed by atoms with Gasteiger partial charge in [0, 0.05) is 56.6 Å². The number of anilines is 2. The number of aryl methyl sites for hydroxylation is 2. The Morgan fingerprint density at radius 1 is 1.04 bits per heavy atom. The van der Waals surface area contributed by atoms with Crippen LogP contribution >= 0.6 is 0 Å². The summed E-state index contributed by atoms with van der Waals surface area (Å²) in [6.07, 6.45) is 2.40. The van der Waals surface area contributed by atoms with Crippen molar-refractivity contribution in [1.82, 2.24) is 4.90 Å². The number of fused-ring (bicyclic) bond motifs is 1. The first kappa shape index (κ1) is 18.8. The number of rotatable bonds is 6. The number of nitrogens with zero attached hydrogens (tertiary/aromatic N) is 2. The third kappa shape index (κ3) is 4.65. The first-order chi connectivity index (χ1) is 13.7. The third-order valence-corrected chi connectivity index (χ3v) is 5.60. The molecular weight excluding hydrogens is 350 g/mol. The average molecular weight is 380 g/mol. The highest BCUT2D eigenvalue weighted by Gasteiger charge is 2.17. The van der Waals surface area contributed by atoms with Crippen LogP contribution in [-0.2, 0) is 11.2 Å². The molecule has 2 heterocycles. The molecule has 0 aromatic heterocycles. The summed E-state index contributed by atoms with van der Waals surface area (Å²) in [7, 11) is 0. The zero-order chi connectivity index (χ0) is 19.3. The molecule has 0 bridgehead atoms. The molecule has 2 aliphatic rings. The Labute approximate surface area is 167 Å². The summed E-state index contributed by atoms with van der Waals surface area (Å²) in [5, 5.41) is 2.93. The van der Waals surface area contributed by atoms with Crippen LogP contribution in [0.1, 0.15) is 24.0 Å². The minimum absolute atomic E-state index is 0.0921. The van der Waals surface area contributed by atoms with Crippen LogP contribution in [0.3, 0.4) is 0 Å². The van der Waals surface area contributed by atoms with Crippen LogP contribution in [-0.4, -0.2) is 50.1 Å². The quantitative estimate of drug-likeness (QED) is 0.781.